The van der Waals surface area contributed by atoms with Gasteiger partial charge in [0, 0.05) is 31.0 Å². The lowest BCUT2D eigenvalue weighted by Crippen LogP contribution is -2.06. The zero-order valence-electron chi connectivity index (χ0n) is 11.8. The van der Waals surface area contributed by atoms with Crippen molar-refractivity contribution in [3.63, 3.8) is 0 Å². The third-order valence-corrected chi connectivity index (χ3v) is 3.59. The molecule has 7 nitrogen and oxygen atoms in total. The largest absolute Gasteiger partial charge is 0.426 e. The second kappa shape index (κ2) is 5.74. The van der Waals surface area contributed by atoms with Crippen LogP contribution < -0.4 is 10.1 Å². The second-order valence-corrected chi connectivity index (χ2v) is 6.03. The number of amides is 1. The Morgan fingerprint density at radius 2 is 1.82 bits per heavy atom. The van der Waals surface area contributed by atoms with Crippen molar-refractivity contribution in [3.8, 4) is 5.75 Å². The first-order chi connectivity index (χ1) is 10.2. The van der Waals surface area contributed by atoms with Crippen molar-refractivity contribution >= 4 is 38.5 Å². The number of carbonyl (C=O) groups excluding carboxylic acids is 2. The Bertz CT molecular complexity index is 872. The fourth-order valence-electron chi connectivity index (χ4n) is 1.98. The smallest absolute Gasteiger partial charge is 0.308 e. The molecule has 0 bridgehead atoms. The van der Waals surface area contributed by atoms with E-state index in [-0.39, 0.29) is 11.7 Å². The molecule has 0 aliphatic heterocycles. The average molecular weight is 323 g/mol. The Morgan fingerprint density at radius 1 is 1.14 bits per heavy atom. The number of rotatable bonds is 3. The summed E-state index contributed by atoms with van der Waals surface area (Å²) >= 11 is 0. The van der Waals surface area contributed by atoms with Crippen LogP contribution in [-0.4, -0.2) is 24.8 Å². The molecule has 2 aromatic carbocycles. The Labute approximate surface area is 126 Å². The van der Waals surface area contributed by atoms with Crippen molar-refractivity contribution in [2.45, 2.75) is 18.7 Å². The van der Waals surface area contributed by atoms with Crippen LogP contribution >= 0.6 is 0 Å². The zero-order chi connectivity index (χ0) is 16.5. The van der Waals surface area contributed by atoms with E-state index in [0.29, 0.717) is 16.5 Å². The summed E-state index contributed by atoms with van der Waals surface area (Å²) < 4.78 is 36.8. The minimum atomic E-state index is -4.47. The van der Waals surface area contributed by atoms with Gasteiger partial charge in [-0.25, -0.2) is 0 Å². The molecule has 0 spiro atoms. The zero-order valence-corrected chi connectivity index (χ0v) is 12.6. The molecular weight excluding hydrogens is 310 g/mol. The van der Waals surface area contributed by atoms with Crippen molar-refractivity contribution in [2.24, 2.45) is 0 Å². The number of nitrogens with one attached hydrogen (secondary N) is 1. The maximum Gasteiger partial charge on any atom is 0.308 e. The van der Waals surface area contributed by atoms with Crippen LogP contribution in [0, 0.1) is 0 Å². The van der Waals surface area contributed by atoms with Gasteiger partial charge in [0.15, 0.2) is 0 Å². The van der Waals surface area contributed by atoms with Gasteiger partial charge < -0.3 is 10.1 Å². The molecule has 116 valence electrons. The number of benzene rings is 2. The first-order valence-electron chi connectivity index (χ1n) is 6.18. The van der Waals surface area contributed by atoms with Crippen molar-refractivity contribution in [1.82, 2.24) is 0 Å². The Morgan fingerprint density at radius 3 is 2.36 bits per heavy atom. The molecule has 0 saturated heterocycles. The third kappa shape index (κ3) is 3.60. The second-order valence-electron chi connectivity index (χ2n) is 4.61. The predicted octanol–water partition coefficient (Wildman–Crippen LogP) is 1.97. The number of anilines is 1. The van der Waals surface area contributed by atoms with Crippen LogP contribution in [0.25, 0.3) is 10.8 Å². The molecule has 22 heavy (non-hydrogen) atoms. The average Bonchev–Trinajstić information content (AvgIpc) is 2.35. The van der Waals surface area contributed by atoms with E-state index < -0.39 is 21.0 Å². The van der Waals surface area contributed by atoms with Crippen molar-refractivity contribution in [2.75, 3.05) is 5.32 Å². The first kappa shape index (κ1) is 15.9. The normalized spacial score (nSPS) is 11.2. The van der Waals surface area contributed by atoms with Crippen LogP contribution in [0.1, 0.15) is 13.8 Å². The molecule has 0 fully saturated rings. The van der Waals surface area contributed by atoms with E-state index >= 15 is 0 Å². The fraction of sp³-hybridized carbons (Fsp3) is 0.143. The van der Waals surface area contributed by atoms with Crippen molar-refractivity contribution in [1.29, 1.82) is 0 Å². The Kier molecular flexibility index (Phi) is 4.16. The molecule has 0 radical (unpaired) electrons. The molecule has 0 aliphatic rings. The van der Waals surface area contributed by atoms with E-state index in [1.165, 1.54) is 26.0 Å². The maximum atomic E-state index is 11.3. The van der Waals surface area contributed by atoms with Gasteiger partial charge in [-0.3, -0.25) is 14.1 Å². The van der Waals surface area contributed by atoms with Crippen LogP contribution in [0.4, 0.5) is 5.69 Å². The highest BCUT2D eigenvalue weighted by Gasteiger charge is 2.16. The fourth-order valence-corrected chi connectivity index (χ4v) is 2.51. The van der Waals surface area contributed by atoms with Gasteiger partial charge in [0.05, 0.1) is 4.90 Å². The van der Waals surface area contributed by atoms with Crippen LogP contribution in [0.3, 0.4) is 0 Å². The summed E-state index contributed by atoms with van der Waals surface area (Å²) in [5.41, 5.74) is 0.446. The number of hydrogen-bond acceptors (Lipinski definition) is 5. The standard InChI is InChI=1S/C14H13NO6S/c1-8(16)15-11-3-4-13-10(5-11)6-12(22(18,19)20)7-14(13)21-9(2)17/h3-7H,1-2H3,(H,15,16)(H,18,19,20). The molecule has 2 aromatic rings. The number of fused-ring (bicyclic) bond motifs is 1. The summed E-state index contributed by atoms with van der Waals surface area (Å²) in [5, 5.41) is 3.41. The summed E-state index contributed by atoms with van der Waals surface area (Å²) in [7, 11) is -4.47. The van der Waals surface area contributed by atoms with Gasteiger partial charge in [0.2, 0.25) is 5.91 Å². The molecule has 0 saturated carbocycles. The van der Waals surface area contributed by atoms with Gasteiger partial charge in [-0.2, -0.15) is 8.42 Å². The van der Waals surface area contributed by atoms with Crippen LogP contribution in [0.5, 0.6) is 5.75 Å². The number of ether oxygens (including phenoxy) is 1. The van der Waals surface area contributed by atoms with Crippen LogP contribution in [0.2, 0.25) is 0 Å². The minimum absolute atomic E-state index is 0.00648. The molecule has 0 aliphatic carbocycles. The Hall–Kier alpha value is -2.45. The van der Waals surface area contributed by atoms with E-state index in [0.717, 1.165) is 6.07 Å². The van der Waals surface area contributed by atoms with E-state index in [4.69, 9.17) is 4.74 Å². The lowest BCUT2D eigenvalue weighted by Gasteiger charge is -2.10. The van der Waals surface area contributed by atoms with E-state index in [9.17, 15) is 22.6 Å². The number of carbonyl (C=O) groups is 2. The molecule has 1 amide bonds. The molecule has 0 heterocycles. The van der Waals surface area contributed by atoms with E-state index in [1.54, 1.807) is 12.1 Å². The summed E-state index contributed by atoms with van der Waals surface area (Å²) in [6.45, 7) is 2.51. The van der Waals surface area contributed by atoms with Gasteiger partial charge in [-0.1, -0.05) is 0 Å². The lowest BCUT2D eigenvalue weighted by atomic mass is 10.1. The summed E-state index contributed by atoms with van der Waals surface area (Å²) in [6.07, 6.45) is 0. The van der Waals surface area contributed by atoms with Crippen molar-refractivity contribution < 1.29 is 27.3 Å². The van der Waals surface area contributed by atoms with Crippen LogP contribution in [-0.2, 0) is 19.7 Å². The molecule has 8 heteroatoms. The lowest BCUT2D eigenvalue weighted by molar-refractivity contribution is -0.131. The molecule has 2 N–H and O–H groups in total. The van der Waals surface area contributed by atoms with E-state index in [1.807, 2.05) is 0 Å². The topological polar surface area (TPSA) is 110 Å². The molecule has 0 unspecified atom stereocenters. The first-order valence-corrected chi connectivity index (χ1v) is 7.62. The van der Waals surface area contributed by atoms with Gasteiger partial charge in [0.1, 0.15) is 5.75 Å². The monoisotopic (exact) mass is 323 g/mol. The highest BCUT2D eigenvalue weighted by molar-refractivity contribution is 7.85. The number of esters is 1. The van der Waals surface area contributed by atoms with Crippen LogP contribution in [0.15, 0.2) is 35.2 Å². The van der Waals surface area contributed by atoms with Gasteiger partial charge in [0.25, 0.3) is 10.1 Å². The highest BCUT2D eigenvalue weighted by Crippen LogP contribution is 2.31. The summed E-state index contributed by atoms with van der Waals surface area (Å²) in [4.78, 5) is 21.8. The number of hydrogen-bond donors (Lipinski definition) is 2. The summed E-state index contributed by atoms with van der Waals surface area (Å²) in [5.74, 6) is -0.905. The van der Waals surface area contributed by atoms with Crippen molar-refractivity contribution in [3.05, 3.63) is 30.3 Å². The molecular formula is C14H13NO6S. The molecule has 0 atom stereocenters. The van der Waals surface area contributed by atoms with Gasteiger partial charge in [-0.05, 0) is 29.7 Å². The highest BCUT2D eigenvalue weighted by atomic mass is 32.2. The molecule has 0 aromatic heterocycles. The molecule has 2 rings (SSSR count). The minimum Gasteiger partial charge on any atom is -0.426 e. The van der Waals surface area contributed by atoms with Gasteiger partial charge >= 0.3 is 5.97 Å². The maximum absolute atomic E-state index is 11.3. The Balaban J connectivity index is 2.70. The third-order valence-electron chi connectivity index (χ3n) is 2.76. The SMILES string of the molecule is CC(=O)Nc1ccc2c(OC(C)=O)cc(S(=O)(=O)O)cc2c1. The predicted molar refractivity (Wildman–Crippen MR) is 79.4 cm³/mol. The van der Waals surface area contributed by atoms with E-state index in [2.05, 4.69) is 5.32 Å². The quantitative estimate of drug-likeness (QED) is 0.508. The van der Waals surface area contributed by atoms with Gasteiger partial charge in [-0.15, -0.1) is 0 Å². The summed E-state index contributed by atoms with van der Waals surface area (Å²) in [6, 6.07) is 6.97.